The van der Waals surface area contributed by atoms with Crippen molar-refractivity contribution in [2.24, 2.45) is 0 Å². The van der Waals surface area contributed by atoms with Crippen molar-refractivity contribution in [1.29, 1.82) is 0 Å². The second-order valence-corrected chi connectivity index (χ2v) is 7.91. The number of aromatic nitrogens is 2. The first-order valence-electron chi connectivity index (χ1n) is 9.74. The highest BCUT2D eigenvalue weighted by Gasteiger charge is 2.44. The van der Waals surface area contributed by atoms with Gasteiger partial charge in [-0.05, 0) is 43.4 Å². The zero-order valence-corrected chi connectivity index (χ0v) is 16.7. The van der Waals surface area contributed by atoms with Gasteiger partial charge in [0.15, 0.2) is 0 Å². The average Bonchev–Trinajstić information content (AvgIpc) is 3.05. The summed E-state index contributed by atoms with van der Waals surface area (Å²) < 4.78 is 5.24. The van der Waals surface area contributed by atoms with E-state index in [0.29, 0.717) is 6.54 Å². The molecule has 2 aliphatic rings. The lowest BCUT2D eigenvalue weighted by molar-refractivity contribution is 0.157. The first-order valence-corrected chi connectivity index (χ1v) is 9.74. The molecule has 28 heavy (non-hydrogen) atoms. The molecule has 0 bridgehead atoms. The molecule has 2 heterocycles. The number of nitrogens with one attached hydrogen (secondary N) is 1. The Kier molecular flexibility index (Phi) is 4.83. The fraction of sp³-hybridized carbons (Fsp3) is 0.476. The van der Waals surface area contributed by atoms with Crippen LogP contribution in [0.15, 0.2) is 30.5 Å². The van der Waals surface area contributed by atoms with E-state index < -0.39 is 0 Å². The minimum absolute atomic E-state index is 0.0625. The number of carbonyl (C=O) groups is 1. The molecule has 7 nitrogen and oxygen atoms in total. The highest BCUT2D eigenvalue weighted by Crippen LogP contribution is 2.44. The highest BCUT2D eigenvalue weighted by molar-refractivity contribution is 5.89. The van der Waals surface area contributed by atoms with Gasteiger partial charge in [0.25, 0.3) is 0 Å². The smallest absolute Gasteiger partial charge is 0.321 e. The zero-order chi connectivity index (χ0) is 19.7. The van der Waals surface area contributed by atoms with Crippen LogP contribution < -0.4 is 15.0 Å². The number of fused-ring (bicyclic) bond motifs is 2. The normalized spacial score (nSPS) is 20.8. The number of rotatable bonds is 3. The second kappa shape index (κ2) is 7.30. The number of aryl methyl sites for hydroxylation is 1. The van der Waals surface area contributed by atoms with Crippen LogP contribution in [0.5, 0.6) is 5.75 Å². The monoisotopic (exact) mass is 381 g/mol. The topological polar surface area (TPSA) is 70.6 Å². The van der Waals surface area contributed by atoms with Gasteiger partial charge in [-0.15, -0.1) is 0 Å². The summed E-state index contributed by atoms with van der Waals surface area (Å²) in [5.41, 5.74) is 3.03. The Balaban J connectivity index is 1.54. The number of likely N-dealkylation sites (tertiary alicyclic amines) is 1. The molecule has 1 N–H and O–H groups in total. The molecule has 1 fully saturated rings. The van der Waals surface area contributed by atoms with Crippen molar-refractivity contribution in [2.45, 2.75) is 31.1 Å². The molecule has 4 rings (SSSR count). The number of methoxy groups -OCH3 is 1. The number of carbonyl (C=O) groups excluding carboxylic acids is 1. The van der Waals surface area contributed by atoms with E-state index in [2.05, 4.69) is 10.3 Å². The largest absolute Gasteiger partial charge is 0.497 e. The van der Waals surface area contributed by atoms with E-state index in [-0.39, 0.29) is 11.4 Å². The quantitative estimate of drug-likeness (QED) is 0.885. The minimum atomic E-state index is -0.0670. The Hall–Kier alpha value is -2.83. The maximum absolute atomic E-state index is 12.9. The maximum Gasteiger partial charge on any atom is 0.321 e. The molecular weight excluding hydrogens is 354 g/mol. The predicted octanol–water partition coefficient (Wildman–Crippen LogP) is 3.06. The molecule has 0 radical (unpaired) electrons. The van der Waals surface area contributed by atoms with Crippen LogP contribution in [0, 0.1) is 0 Å². The first-order chi connectivity index (χ1) is 13.5. The molecule has 7 heteroatoms. The van der Waals surface area contributed by atoms with Gasteiger partial charge in [0, 0.05) is 50.6 Å². The summed E-state index contributed by atoms with van der Waals surface area (Å²) in [7, 11) is 5.53. The third kappa shape index (κ3) is 3.37. The fourth-order valence-corrected chi connectivity index (χ4v) is 4.35. The van der Waals surface area contributed by atoms with Crippen molar-refractivity contribution in [3.63, 3.8) is 0 Å². The van der Waals surface area contributed by atoms with E-state index in [1.165, 1.54) is 5.56 Å². The molecule has 1 saturated heterocycles. The van der Waals surface area contributed by atoms with Crippen LogP contribution in [0.3, 0.4) is 0 Å². The third-order valence-corrected chi connectivity index (χ3v) is 5.81. The lowest BCUT2D eigenvalue weighted by Crippen LogP contribution is -2.49. The predicted molar refractivity (Wildman–Crippen MR) is 109 cm³/mol. The Morgan fingerprint density at radius 2 is 2.18 bits per heavy atom. The van der Waals surface area contributed by atoms with Gasteiger partial charge in [0.1, 0.15) is 5.75 Å². The van der Waals surface area contributed by atoms with Crippen LogP contribution in [0.25, 0.3) is 0 Å². The molecule has 148 valence electrons. The minimum Gasteiger partial charge on any atom is -0.497 e. The summed E-state index contributed by atoms with van der Waals surface area (Å²) in [6.07, 6.45) is 6.01. The Labute approximate surface area is 165 Å². The van der Waals surface area contributed by atoms with Crippen LogP contribution >= 0.6 is 0 Å². The van der Waals surface area contributed by atoms with Crippen molar-refractivity contribution in [3.8, 4) is 5.75 Å². The van der Waals surface area contributed by atoms with Gasteiger partial charge >= 0.3 is 6.03 Å². The number of benzene rings is 1. The number of anilines is 2. The Morgan fingerprint density at radius 1 is 1.32 bits per heavy atom. The van der Waals surface area contributed by atoms with Gasteiger partial charge in [0.2, 0.25) is 5.95 Å². The van der Waals surface area contributed by atoms with Gasteiger partial charge in [-0.2, -0.15) is 0 Å². The molecule has 1 aliphatic heterocycles. The van der Waals surface area contributed by atoms with E-state index in [9.17, 15) is 4.79 Å². The lowest BCUT2D eigenvalue weighted by atomic mass is 9.77. The van der Waals surface area contributed by atoms with E-state index in [0.717, 1.165) is 55.3 Å². The van der Waals surface area contributed by atoms with Crippen molar-refractivity contribution < 1.29 is 9.53 Å². The maximum atomic E-state index is 12.9. The van der Waals surface area contributed by atoms with Crippen LogP contribution in [0.2, 0.25) is 0 Å². The molecule has 0 saturated carbocycles. The summed E-state index contributed by atoms with van der Waals surface area (Å²) in [4.78, 5) is 26.1. The van der Waals surface area contributed by atoms with E-state index in [1.807, 2.05) is 54.4 Å². The van der Waals surface area contributed by atoms with Crippen LogP contribution in [0.1, 0.15) is 30.5 Å². The number of piperidine rings is 1. The first kappa shape index (κ1) is 18.5. The summed E-state index contributed by atoms with van der Waals surface area (Å²) in [5.74, 6) is 1.46. The number of nitrogens with zero attached hydrogens (tertiary/aromatic N) is 4. The number of hydrogen-bond acceptors (Lipinski definition) is 5. The van der Waals surface area contributed by atoms with Crippen molar-refractivity contribution in [1.82, 2.24) is 14.9 Å². The van der Waals surface area contributed by atoms with Crippen molar-refractivity contribution in [3.05, 3.63) is 41.7 Å². The van der Waals surface area contributed by atoms with Crippen LogP contribution in [-0.4, -0.2) is 55.2 Å². The SMILES string of the molecule is COc1cccc(NC(=O)N2CCCC3(CCc4cnc(N(C)C)nc43)C2)c1. The van der Waals surface area contributed by atoms with Crippen LogP contribution in [0.4, 0.5) is 16.4 Å². The molecule has 2 aromatic rings. The van der Waals surface area contributed by atoms with Gasteiger partial charge in [-0.1, -0.05) is 6.07 Å². The molecule has 2 amide bonds. The third-order valence-electron chi connectivity index (χ3n) is 5.81. The second-order valence-electron chi connectivity index (χ2n) is 7.91. The summed E-state index contributed by atoms with van der Waals surface area (Å²) in [6, 6.07) is 7.38. The van der Waals surface area contributed by atoms with Gasteiger partial charge in [-0.25, -0.2) is 14.8 Å². The molecule has 1 atom stereocenters. The number of hydrogen-bond donors (Lipinski definition) is 1. The standard InChI is InChI=1S/C21H27N5O2/c1-25(2)19-22-13-15-8-10-21(18(15)24-19)9-5-11-26(14-21)20(27)23-16-6-4-7-17(12-16)28-3/h4,6-7,12-13H,5,8-11,14H2,1-3H3,(H,23,27). The molecule has 1 spiro atoms. The van der Waals surface area contributed by atoms with Crippen LogP contribution in [-0.2, 0) is 11.8 Å². The fourth-order valence-electron chi connectivity index (χ4n) is 4.35. The Bertz CT molecular complexity index is 881. The molecule has 1 aliphatic carbocycles. The highest BCUT2D eigenvalue weighted by atomic mass is 16.5. The molecule has 1 aromatic heterocycles. The Morgan fingerprint density at radius 3 is 2.96 bits per heavy atom. The molecule has 1 unspecified atom stereocenters. The molecular formula is C21H27N5O2. The lowest BCUT2D eigenvalue weighted by Gasteiger charge is -2.40. The van der Waals surface area contributed by atoms with Gasteiger partial charge in [0.05, 0.1) is 12.8 Å². The molecule has 1 aromatic carbocycles. The summed E-state index contributed by atoms with van der Waals surface area (Å²) >= 11 is 0. The number of ether oxygens (including phenoxy) is 1. The summed E-state index contributed by atoms with van der Waals surface area (Å²) in [5, 5.41) is 3.01. The van der Waals surface area contributed by atoms with E-state index in [4.69, 9.17) is 9.72 Å². The van der Waals surface area contributed by atoms with Crippen molar-refractivity contribution >= 4 is 17.7 Å². The van der Waals surface area contributed by atoms with E-state index >= 15 is 0 Å². The van der Waals surface area contributed by atoms with Gasteiger partial charge < -0.3 is 19.9 Å². The van der Waals surface area contributed by atoms with Crippen molar-refractivity contribution in [2.75, 3.05) is 44.5 Å². The van der Waals surface area contributed by atoms with E-state index in [1.54, 1.807) is 7.11 Å². The number of amides is 2. The zero-order valence-electron chi connectivity index (χ0n) is 16.7. The summed E-state index contributed by atoms with van der Waals surface area (Å²) in [6.45, 7) is 1.46. The number of urea groups is 1. The average molecular weight is 381 g/mol. The van der Waals surface area contributed by atoms with Gasteiger partial charge in [-0.3, -0.25) is 0 Å².